The van der Waals surface area contributed by atoms with Crippen molar-refractivity contribution in [1.29, 1.82) is 0 Å². The number of amides is 1. The Labute approximate surface area is 163 Å². The molecule has 0 unspecified atom stereocenters. The molecule has 0 bridgehead atoms. The predicted molar refractivity (Wildman–Crippen MR) is 107 cm³/mol. The first-order chi connectivity index (χ1) is 13.7. The maximum absolute atomic E-state index is 12.2. The Morgan fingerprint density at radius 3 is 2.46 bits per heavy atom. The second kappa shape index (κ2) is 9.50. The van der Waals surface area contributed by atoms with Gasteiger partial charge in [0, 0.05) is 22.9 Å². The molecule has 0 saturated heterocycles. The van der Waals surface area contributed by atoms with Crippen LogP contribution in [0.1, 0.15) is 24.1 Å². The van der Waals surface area contributed by atoms with Crippen molar-refractivity contribution >= 4 is 28.5 Å². The van der Waals surface area contributed by atoms with Crippen molar-refractivity contribution in [2.45, 2.75) is 25.9 Å². The van der Waals surface area contributed by atoms with Crippen molar-refractivity contribution in [3.05, 3.63) is 72.1 Å². The third kappa shape index (κ3) is 5.07. The summed E-state index contributed by atoms with van der Waals surface area (Å²) in [4.78, 5) is 28.0. The molecule has 1 heterocycles. The van der Waals surface area contributed by atoms with Crippen LogP contribution in [0, 0.1) is 0 Å². The molecule has 0 spiro atoms. The smallest absolute Gasteiger partial charge is 0.412 e. The molecule has 3 aromatic rings. The van der Waals surface area contributed by atoms with Crippen molar-refractivity contribution in [2.24, 2.45) is 0 Å². The van der Waals surface area contributed by atoms with Gasteiger partial charge in [0.1, 0.15) is 6.61 Å². The lowest BCUT2D eigenvalue weighted by atomic mass is 10.0. The molecule has 1 aromatic heterocycles. The zero-order valence-corrected chi connectivity index (χ0v) is 15.7. The van der Waals surface area contributed by atoms with Gasteiger partial charge in [-0.3, -0.25) is 15.1 Å². The molecule has 0 saturated carbocycles. The summed E-state index contributed by atoms with van der Waals surface area (Å²) >= 11 is 0. The number of benzene rings is 2. The van der Waals surface area contributed by atoms with Crippen LogP contribution in [0.2, 0.25) is 0 Å². The number of pyridine rings is 1. The molecular formula is C22H22N2O4. The molecule has 0 radical (unpaired) electrons. The first kappa shape index (κ1) is 19.4. The van der Waals surface area contributed by atoms with Gasteiger partial charge in [-0.05, 0) is 18.4 Å². The number of esters is 1. The molecule has 144 valence electrons. The maximum atomic E-state index is 12.2. The lowest BCUT2D eigenvalue weighted by Gasteiger charge is -2.12. The average Bonchev–Trinajstić information content (AvgIpc) is 2.74. The number of hydrogen-bond acceptors (Lipinski definition) is 5. The van der Waals surface area contributed by atoms with E-state index in [4.69, 9.17) is 4.74 Å². The highest BCUT2D eigenvalue weighted by molar-refractivity contribution is 6.00. The molecule has 1 N–H and O–H groups in total. The molecule has 2 aromatic carbocycles. The van der Waals surface area contributed by atoms with E-state index in [0.29, 0.717) is 24.9 Å². The van der Waals surface area contributed by atoms with Gasteiger partial charge < -0.3 is 9.47 Å². The Balaban J connectivity index is 1.69. The van der Waals surface area contributed by atoms with Gasteiger partial charge in [-0.15, -0.1) is 0 Å². The number of carbonyl (C=O) groups excluding carboxylic acids is 2. The minimum Gasteiger partial charge on any atom is -0.469 e. The van der Waals surface area contributed by atoms with Gasteiger partial charge in [-0.25, -0.2) is 4.79 Å². The third-order valence-electron chi connectivity index (χ3n) is 4.35. The fraction of sp³-hybridized carbons (Fsp3) is 0.227. The van der Waals surface area contributed by atoms with E-state index in [1.165, 1.54) is 7.11 Å². The molecule has 1 amide bonds. The number of aromatic nitrogens is 1. The van der Waals surface area contributed by atoms with Gasteiger partial charge in [0.15, 0.2) is 0 Å². The average molecular weight is 378 g/mol. The number of fused-ring (bicyclic) bond motifs is 1. The number of ether oxygens (including phenoxy) is 2. The molecular weight excluding hydrogens is 356 g/mol. The van der Waals surface area contributed by atoms with Crippen LogP contribution < -0.4 is 5.32 Å². The Morgan fingerprint density at radius 2 is 1.71 bits per heavy atom. The first-order valence-electron chi connectivity index (χ1n) is 9.08. The normalized spacial score (nSPS) is 10.5. The number of rotatable bonds is 7. The van der Waals surface area contributed by atoms with Crippen molar-refractivity contribution in [3.63, 3.8) is 0 Å². The number of nitrogens with one attached hydrogen (secondary N) is 1. The van der Waals surface area contributed by atoms with Crippen LogP contribution in [0.5, 0.6) is 0 Å². The van der Waals surface area contributed by atoms with Crippen LogP contribution in [-0.2, 0) is 27.3 Å². The number of methoxy groups -OCH3 is 1. The van der Waals surface area contributed by atoms with Gasteiger partial charge in [-0.2, -0.15) is 0 Å². The second-order valence-electron chi connectivity index (χ2n) is 6.28. The van der Waals surface area contributed by atoms with E-state index in [0.717, 1.165) is 22.0 Å². The van der Waals surface area contributed by atoms with Crippen LogP contribution in [0.4, 0.5) is 10.5 Å². The fourth-order valence-electron chi connectivity index (χ4n) is 2.92. The van der Waals surface area contributed by atoms with Crippen LogP contribution in [0.3, 0.4) is 0 Å². The van der Waals surface area contributed by atoms with Crippen LogP contribution in [0.15, 0.2) is 60.8 Å². The largest absolute Gasteiger partial charge is 0.469 e. The highest BCUT2D eigenvalue weighted by Gasteiger charge is 2.11. The van der Waals surface area contributed by atoms with Crippen molar-refractivity contribution in [1.82, 2.24) is 4.98 Å². The summed E-state index contributed by atoms with van der Waals surface area (Å²) in [6.07, 6.45) is 2.73. The molecule has 6 heteroatoms. The molecule has 0 atom stereocenters. The van der Waals surface area contributed by atoms with Crippen molar-refractivity contribution in [2.75, 3.05) is 12.4 Å². The van der Waals surface area contributed by atoms with E-state index in [-0.39, 0.29) is 12.6 Å². The van der Waals surface area contributed by atoms with E-state index in [2.05, 4.69) is 15.0 Å². The summed E-state index contributed by atoms with van der Waals surface area (Å²) in [7, 11) is 1.38. The van der Waals surface area contributed by atoms with E-state index in [1.807, 2.05) is 54.6 Å². The van der Waals surface area contributed by atoms with Gasteiger partial charge in [-0.1, -0.05) is 54.6 Å². The van der Waals surface area contributed by atoms with E-state index in [9.17, 15) is 9.59 Å². The number of hydrogen-bond donors (Lipinski definition) is 1. The third-order valence-corrected chi connectivity index (χ3v) is 4.35. The summed E-state index contributed by atoms with van der Waals surface area (Å²) in [5.74, 6) is -0.233. The molecule has 0 aliphatic carbocycles. The number of nitrogens with zero attached hydrogens (tertiary/aromatic N) is 1. The Kier molecular flexibility index (Phi) is 6.57. The highest BCUT2D eigenvalue weighted by Crippen LogP contribution is 2.26. The molecule has 3 rings (SSSR count). The van der Waals surface area contributed by atoms with E-state index in [1.54, 1.807) is 6.20 Å². The monoisotopic (exact) mass is 378 g/mol. The van der Waals surface area contributed by atoms with Crippen LogP contribution in [0.25, 0.3) is 10.8 Å². The lowest BCUT2D eigenvalue weighted by molar-refractivity contribution is -0.140. The summed E-state index contributed by atoms with van der Waals surface area (Å²) in [5, 5.41) is 4.58. The first-order valence-corrected chi connectivity index (χ1v) is 9.08. The number of carbonyl (C=O) groups is 2. The van der Waals surface area contributed by atoms with Gasteiger partial charge in [0.25, 0.3) is 0 Å². The van der Waals surface area contributed by atoms with Gasteiger partial charge in [0.05, 0.1) is 19.0 Å². The predicted octanol–water partition coefficient (Wildman–Crippen LogP) is 4.48. The van der Waals surface area contributed by atoms with Crippen molar-refractivity contribution < 1.29 is 19.1 Å². The summed E-state index contributed by atoms with van der Waals surface area (Å²) < 4.78 is 9.96. The van der Waals surface area contributed by atoms with E-state index < -0.39 is 6.09 Å². The molecule has 0 aliphatic rings. The fourth-order valence-corrected chi connectivity index (χ4v) is 2.92. The molecule has 0 fully saturated rings. The summed E-state index contributed by atoms with van der Waals surface area (Å²) in [6, 6.07) is 17.2. The Bertz CT molecular complexity index is 957. The molecule has 28 heavy (non-hydrogen) atoms. The lowest BCUT2D eigenvalue weighted by Crippen LogP contribution is -2.14. The maximum Gasteiger partial charge on any atom is 0.412 e. The number of aryl methyl sites for hydroxylation is 1. The summed E-state index contributed by atoms with van der Waals surface area (Å²) in [5.41, 5.74) is 2.38. The standard InChI is InChI=1S/C22H22N2O4/c1-27-21(25)13-7-12-19-17-10-5-6-11-18(17)20(14-23-19)24-22(26)28-15-16-8-3-2-4-9-16/h2-6,8-11,14H,7,12-13,15H2,1H3,(H,24,26). The summed E-state index contributed by atoms with van der Waals surface area (Å²) in [6.45, 7) is 0.198. The van der Waals surface area contributed by atoms with E-state index >= 15 is 0 Å². The zero-order chi connectivity index (χ0) is 19.8. The second-order valence-corrected chi connectivity index (χ2v) is 6.28. The topological polar surface area (TPSA) is 77.5 Å². The Hall–Kier alpha value is -3.41. The molecule has 6 nitrogen and oxygen atoms in total. The zero-order valence-electron chi connectivity index (χ0n) is 15.7. The molecule has 0 aliphatic heterocycles. The quantitative estimate of drug-likeness (QED) is 0.614. The minimum atomic E-state index is -0.533. The minimum absolute atomic E-state index is 0.198. The van der Waals surface area contributed by atoms with Crippen LogP contribution >= 0.6 is 0 Å². The Morgan fingerprint density at radius 1 is 1.00 bits per heavy atom. The van der Waals surface area contributed by atoms with Crippen molar-refractivity contribution in [3.8, 4) is 0 Å². The highest BCUT2D eigenvalue weighted by atomic mass is 16.5. The van der Waals surface area contributed by atoms with Gasteiger partial charge >= 0.3 is 12.1 Å². The number of anilines is 1. The van der Waals surface area contributed by atoms with Gasteiger partial charge in [0.2, 0.25) is 0 Å². The SMILES string of the molecule is COC(=O)CCCc1ncc(NC(=O)OCc2ccccc2)c2ccccc12. The van der Waals surface area contributed by atoms with Crippen LogP contribution in [-0.4, -0.2) is 24.2 Å².